The number of carbonyl (C=O) groups excluding carboxylic acids is 1. The molecule has 5 nitrogen and oxygen atoms in total. The molecule has 0 heterocycles. The summed E-state index contributed by atoms with van der Waals surface area (Å²) in [5, 5.41) is 8.53. The van der Waals surface area contributed by atoms with Crippen molar-refractivity contribution in [1.29, 1.82) is 0 Å². The molecule has 138 valence electrons. The van der Waals surface area contributed by atoms with Crippen LogP contribution in [-0.2, 0) is 14.3 Å². The Kier molecular flexibility index (Phi) is 20.9. The van der Waals surface area contributed by atoms with E-state index in [1.807, 2.05) is 0 Å². The van der Waals surface area contributed by atoms with Crippen molar-refractivity contribution in [3.63, 3.8) is 0 Å². The predicted octanol–water partition coefficient (Wildman–Crippen LogP) is 3.38. The number of esters is 1. The van der Waals surface area contributed by atoms with E-state index in [2.05, 4.69) is 6.92 Å². The Labute approximate surface area is 169 Å². The fourth-order valence-corrected chi connectivity index (χ4v) is 2.49. The minimum atomic E-state index is -1.08. The van der Waals surface area contributed by atoms with Gasteiger partial charge in [0.15, 0.2) is 0 Å². The quantitative estimate of drug-likeness (QED) is 0.252. The zero-order valence-corrected chi connectivity index (χ0v) is 14.7. The van der Waals surface area contributed by atoms with Crippen molar-refractivity contribution in [3.8, 4) is 0 Å². The summed E-state index contributed by atoms with van der Waals surface area (Å²) in [6.45, 7) is 2.58. The average Bonchev–Trinajstić information content (AvgIpc) is 2.51. The van der Waals surface area contributed by atoms with Gasteiger partial charge in [0.2, 0.25) is 0 Å². The second-order valence-electron chi connectivity index (χ2n) is 6.26. The number of carboxylic acid groups (broad SMARTS) is 1. The molecule has 0 radical (unpaired) electrons. The Morgan fingerprint density at radius 1 is 0.875 bits per heavy atom. The summed E-state index contributed by atoms with van der Waals surface area (Å²) in [5.41, 5.74) is 5.41. The summed E-state index contributed by atoms with van der Waals surface area (Å²) < 4.78 is 4.97. The van der Waals surface area contributed by atoms with E-state index in [4.69, 9.17) is 15.6 Å². The van der Waals surface area contributed by atoms with Gasteiger partial charge < -0.3 is 15.6 Å². The monoisotopic (exact) mass is 353 g/mol. The molecular formula is C18H36NNaO4. The van der Waals surface area contributed by atoms with Crippen molar-refractivity contribution < 1.29 is 19.4 Å². The number of aliphatic carboxylic acids is 1. The standard InChI is InChI=1S/C18H35NO4.Na.H/c1-2-3-4-5-6-7-8-9-10-11-12-13-14-23-18(22)16(19)15-17(20)21;;/h16H,2-15,19H2,1H3,(H,20,21);;/t16-;;/m0../s1. The van der Waals surface area contributed by atoms with Crippen LogP contribution < -0.4 is 5.73 Å². The summed E-state index contributed by atoms with van der Waals surface area (Å²) in [4.78, 5) is 21.8. The van der Waals surface area contributed by atoms with Crippen molar-refractivity contribution >= 4 is 41.5 Å². The van der Waals surface area contributed by atoms with E-state index >= 15 is 0 Å². The second-order valence-corrected chi connectivity index (χ2v) is 6.26. The number of hydrogen-bond donors (Lipinski definition) is 2. The maximum atomic E-state index is 11.4. The molecule has 0 aromatic rings. The van der Waals surface area contributed by atoms with Crippen LogP contribution in [-0.4, -0.2) is 59.3 Å². The molecule has 0 fully saturated rings. The number of carboxylic acids is 1. The summed E-state index contributed by atoms with van der Waals surface area (Å²) in [6.07, 6.45) is 14.6. The molecule has 0 unspecified atom stereocenters. The van der Waals surface area contributed by atoms with Gasteiger partial charge in [-0.15, -0.1) is 0 Å². The van der Waals surface area contributed by atoms with E-state index in [-0.39, 0.29) is 36.0 Å². The fraction of sp³-hybridized carbons (Fsp3) is 0.889. The van der Waals surface area contributed by atoms with E-state index < -0.39 is 18.0 Å². The Hall–Kier alpha value is -0.100. The van der Waals surface area contributed by atoms with Gasteiger partial charge in [0, 0.05) is 0 Å². The molecule has 0 spiro atoms. The van der Waals surface area contributed by atoms with E-state index in [9.17, 15) is 9.59 Å². The van der Waals surface area contributed by atoms with Crippen LogP contribution in [0.25, 0.3) is 0 Å². The van der Waals surface area contributed by atoms with E-state index in [1.165, 1.54) is 57.8 Å². The third-order valence-corrected chi connectivity index (χ3v) is 3.94. The van der Waals surface area contributed by atoms with Gasteiger partial charge in [-0.3, -0.25) is 9.59 Å². The molecular weight excluding hydrogens is 317 g/mol. The van der Waals surface area contributed by atoms with Gasteiger partial charge in [-0.2, -0.15) is 0 Å². The number of hydrogen-bond acceptors (Lipinski definition) is 4. The molecule has 0 aliphatic carbocycles. The molecule has 0 amide bonds. The van der Waals surface area contributed by atoms with Gasteiger partial charge in [-0.05, 0) is 6.42 Å². The van der Waals surface area contributed by atoms with E-state index in [0.29, 0.717) is 6.61 Å². The van der Waals surface area contributed by atoms with Gasteiger partial charge in [0.25, 0.3) is 0 Å². The number of nitrogens with two attached hydrogens (primary N) is 1. The van der Waals surface area contributed by atoms with Gasteiger partial charge >= 0.3 is 41.5 Å². The van der Waals surface area contributed by atoms with Gasteiger partial charge in [-0.1, -0.05) is 77.6 Å². The molecule has 0 rings (SSSR count). The normalized spacial score (nSPS) is 11.6. The first-order valence-corrected chi connectivity index (χ1v) is 9.22. The zero-order chi connectivity index (χ0) is 17.3. The fourth-order valence-electron chi connectivity index (χ4n) is 2.49. The molecule has 0 aromatic carbocycles. The van der Waals surface area contributed by atoms with Crippen molar-refractivity contribution in [2.45, 2.75) is 96.4 Å². The number of unbranched alkanes of at least 4 members (excludes halogenated alkanes) is 11. The minimum absolute atomic E-state index is 0. The molecule has 0 aliphatic heterocycles. The van der Waals surface area contributed by atoms with Gasteiger partial charge in [0.05, 0.1) is 13.0 Å². The van der Waals surface area contributed by atoms with E-state index in [1.54, 1.807) is 0 Å². The first-order valence-electron chi connectivity index (χ1n) is 9.22. The molecule has 0 saturated heterocycles. The third kappa shape index (κ3) is 18.2. The van der Waals surface area contributed by atoms with Crippen LogP contribution in [0.3, 0.4) is 0 Å². The molecule has 0 aliphatic rings. The summed E-state index contributed by atoms with van der Waals surface area (Å²) in [6, 6.07) is -1.05. The summed E-state index contributed by atoms with van der Waals surface area (Å²) >= 11 is 0. The molecule has 0 aromatic heterocycles. The maximum absolute atomic E-state index is 11.4. The topological polar surface area (TPSA) is 89.6 Å². The average molecular weight is 353 g/mol. The molecule has 0 bridgehead atoms. The van der Waals surface area contributed by atoms with Crippen molar-refractivity contribution in [2.24, 2.45) is 5.73 Å². The number of carbonyl (C=O) groups is 2. The molecule has 3 N–H and O–H groups in total. The molecule has 6 heteroatoms. The van der Waals surface area contributed by atoms with Crippen molar-refractivity contribution in [3.05, 3.63) is 0 Å². The van der Waals surface area contributed by atoms with Crippen LogP contribution in [0.5, 0.6) is 0 Å². The first kappa shape index (κ1) is 26.1. The Balaban J connectivity index is 0. The van der Waals surface area contributed by atoms with Crippen molar-refractivity contribution in [2.75, 3.05) is 6.61 Å². The van der Waals surface area contributed by atoms with Crippen LogP contribution in [0.1, 0.15) is 90.4 Å². The third-order valence-electron chi connectivity index (χ3n) is 3.94. The van der Waals surface area contributed by atoms with Crippen LogP contribution in [0.4, 0.5) is 0 Å². The van der Waals surface area contributed by atoms with Crippen LogP contribution in [0, 0.1) is 0 Å². The van der Waals surface area contributed by atoms with Crippen LogP contribution >= 0.6 is 0 Å². The van der Waals surface area contributed by atoms with Gasteiger partial charge in [-0.25, -0.2) is 0 Å². The number of ether oxygens (including phenoxy) is 1. The summed E-state index contributed by atoms with van der Waals surface area (Å²) in [7, 11) is 0. The predicted molar refractivity (Wildman–Crippen MR) is 99.4 cm³/mol. The first-order chi connectivity index (χ1) is 11.1. The van der Waals surface area contributed by atoms with Gasteiger partial charge in [0.1, 0.15) is 6.04 Å². The molecule has 24 heavy (non-hydrogen) atoms. The molecule has 0 saturated carbocycles. The van der Waals surface area contributed by atoms with Crippen molar-refractivity contribution in [1.82, 2.24) is 0 Å². The summed E-state index contributed by atoms with van der Waals surface area (Å²) in [5.74, 6) is -1.70. The Bertz CT molecular complexity index is 313. The number of rotatable bonds is 16. The Morgan fingerprint density at radius 2 is 1.29 bits per heavy atom. The SMILES string of the molecule is CCCCCCCCCCCCCCOC(=O)[C@@H](N)CC(=O)O.[NaH]. The molecule has 1 atom stereocenters. The second kappa shape index (κ2) is 19.2. The van der Waals surface area contributed by atoms with Crippen LogP contribution in [0.2, 0.25) is 0 Å². The van der Waals surface area contributed by atoms with Crippen LogP contribution in [0.15, 0.2) is 0 Å². The van der Waals surface area contributed by atoms with E-state index in [0.717, 1.165) is 19.3 Å². The Morgan fingerprint density at radius 3 is 1.71 bits per heavy atom. The zero-order valence-electron chi connectivity index (χ0n) is 14.7.